The van der Waals surface area contributed by atoms with E-state index in [4.69, 9.17) is 5.84 Å². The molecule has 8 heteroatoms. The standard InChI is InChI=1S/C24H21N7O/c1-15-13-19(17-9-5-3-6-10-17)30(25)22(26-15)21-23(32)28-24-27-16(2)14-20(31(24)29-21)18-11-7-4-8-12-18/h3-14,29H,25H2,1-2H3/b22-21+. The lowest BCUT2D eigenvalue weighted by molar-refractivity contribution is -0.115. The first-order chi connectivity index (χ1) is 15.5. The summed E-state index contributed by atoms with van der Waals surface area (Å²) < 4.78 is 0. The van der Waals surface area contributed by atoms with E-state index in [9.17, 15) is 4.79 Å². The van der Waals surface area contributed by atoms with Crippen molar-refractivity contribution in [3.8, 4) is 0 Å². The first-order valence-electron chi connectivity index (χ1n) is 10.1. The zero-order valence-electron chi connectivity index (χ0n) is 17.6. The summed E-state index contributed by atoms with van der Waals surface area (Å²) in [6.45, 7) is 3.73. The monoisotopic (exact) mass is 423 g/mol. The minimum atomic E-state index is -0.488. The summed E-state index contributed by atoms with van der Waals surface area (Å²) in [6.07, 6.45) is 3.82. The number of aliphatic imine (C=N–C) groups is 3. The molecule has 0 fully saturated rings. The maximum atomic E-state index is 13.0. The van der Waals surface area contributed by atoms with Gasteiger partial charge in [0.1, 0.15) is 0 Å². The molecule has 3 heterocycles. The molecular weight excluding hydrogens is 402 g/mol. The molecule has 0 saturated carbocycles. The second-order valence-electron chi connectivity index (χ2n) is 7.53. The fraction of sp³-hybridized carbons (Fsp3) is 0.0833. The number of hydrogen-bond acceptors (Lipinski definition) is 7. The number of nitrogens with two attached hydrogens (primary N) is 1. The zero-order chi connectivity index (χ0) is 22.2. The van der Waals surface area contributed by atoms with Crippen molar-refractivity contribution in [2.45, 2.75) is 13.8 Å². The van der Waals surface area contributed by atoms with E-state index >= 15 is 0 Å². The normalized spacial score (nSPS) is 20.5. The molecule has 0 unspecified atom stereocenters. The Morgan fingerprint density at radius 2 is 1.34 bits per heavy atom. The zero-order valence-corrected chi connectivity index (χ0v) is 17.6. The van der Waals surface area contributed by atoms with Crippen LogP contribution in [0.3, 0.4) is 0 Å². The Morgan fingerprint density at radius 3 is 2.00 bits per heavy atom. The van der Waals surface area contributed by atoms with Gasteiger partial charge >= 0.3 is 5.91 Å². The SMILES string of the molecule is CC1=NC2=NC(=O)/C(=C3/N=C(C)C=C(c4ccccc4)N3N)NN2C(c2ccccc2)=C1. The number of amides is 1. The lowest BCUT2D eigenvalue weighted by Gasteiger charge is -2.35. The van der Waals surface area contributed by atoms with Crippen LogP contribution in [0, 0.1) is 0 Å². The highest BCUT2D eigenvalue weighted by atomic mass is 16.2. The van der Waals surface area contributed by atoms with E-state index in [1.807, 2.05) is 86.7 Å². The molecule has 158 valence electrons. The van der Waals surface area contributed by atoms with Crippen molar-refractivity contribution < 1.29 is 4.79 Å². The average Bonchev–Trinajstić information content (AvgIpc) is 2.80. The number of allylic oxidation sites excluding steroid dienone is 2. The quantitative estimate of drug-likeness (QED) is 0.571. The maximum Gasteiger partial charge on any atom is 0.302 e. The van der Waals surface area contributed by atoms with Crippen LogP contribution in [-0.4, -0.2) is 33.3 Å². The van der Waals surface area contributed by atoms with Crippen molar-refractivity contribution in [3.05, 3.63) is 95.5 Å². The van der Waals surface area contributed by atoms with Crippen LogP contribution in [0.25, 0.3) is 11.4 Å². The minimum absolute atomic E-state index is 0.175. The molecule has 2 aromatic carbocycles. The largest absolute Gasteiger partial charge is 0.302 e. The van der Waals surface area contributed by atoms with Gasteiger partial charge in [0.25, 0.3) is 5.96 Å². The summed E-state index contributed by atoms with van der Waals surface area (Å²) in [5, 5.41) is 3.10. The lowest BCUT2D eigenvalue weighted by Crippen LogP contribution is -2.49. The van der Waals surface area contributed by atoms with Gasteiger partial charge < -0.3 is 0 Å². The highest BCUT2D eigenvalue weighted by Gasteiger charge is 2.34. The Kier molecular flexibility index (Phi) is 4.76. The van der Waals surface area contributed by atoms with Crippen LogP contribution in [0.1, 0.15) is 25.0 Å². The molecule has 0 radical (unpaired) electrons. The Morgan fingerprint density at radius 1 is 0.781 bits per heavy atom. The second kappa shape index (κ2) is 7.75. The Bertz CT molecular complexity index is 1280. The van der Waals surface area contributed by atoms with E-state index in [1.54, 1.807) is 5.01 Å². The van der Waals surface area contributed by atoms with Crippen LogP contribution in [0.15, 0.2) is 99.3 Å². The van der Waals surface area contributed by atoms with Gasteiger partial charge in [0, 0.05) is 17.0 Å². The molecular formula is C24H21N7O. The molecule has 0 aliphatic carbocycles. The van der Waals surface area contributed by atoms with Gasteiger partial charge in [0.05, 0.1) is 11.4 Å². The highest BCUT2D eigenvalue weighted by Crippen LogP contribution is 2.30. The number of fused-ring (bicyclic) bond motifs is 1. The number of carbonyl (C=O) groups is 1. The molecule has 3 aliphatic rings. The van der Waals surface area contributed by atoms with Crippen molar-refractivity contribution >= 4 is 34.7 Å². The van der Waals surface area contributed by atoms with Crippen LogP contribution in [0.5, 0.6) is 0 Å². The Hall–Kier alpha value is -4.30. The minimum Gasteiger partial charge on any atom is -0.283 e. The lowest BCUT2D eigenvalue weighted by atomic mass is 10.1. The van der Waals surface area contributed by atoms with Crippen LogP contribution >= 0.6 is 0 Å². The number of benzene rings is 2. The van der Waals surface area contributed by atoms with Crippen LogP contribution in [0.2, 0.25) is 0 Å². The molecule has 32 heavy (non-hydrogen) atoms. The summed E-state index contributed by atoms with van der Waals surface area (Å²) in [7, 11) is 0. The van der Waals surface area contributed by atoms with Gasteiger partial charge in [-0.15, -0.1) is 0 Å². The average molecular weight is 423 g/mol. The first kappa shape index (κ1) is 19.7. The Labute approximate surface area is 185 Å². The number of nitrogens with zero attached hydrogens (tertiary/aromatic N) is 5. The van der Waals surface area contributed by atoms with Crippen molar-refractivity contribution in [1.82, 2.24) is 15.4 Å². The van der Waals surface area contributed by atoms with Gasteiger partial charge in [-0.3, -0.25) is 15.2 Å². The molecule has 0 aromatic heterocycles. The number of carbonyl (C=O) groups excluding carboxylic acids is 1. The van der Waals surface area contributed by atoms with Crippen molar-refractivity contribution in [1.29, 1.82) is 0 Å². The van der Waals surface area contributed by atoms with Gasteiger partial charge in [-0.25, -0.2) is 20.8 Å². The van der Waals surface area contributed by atoms with Gasteiger partial charge in [0.2, 0.25) is 0 Å². The summed E-state index contributed by atoms with van der Waals surface area (Å²) in [6, 6.07) is 19.6. The van der Waals surface area contributed by atoms with E-state index in [0.29, 0.717) is 0 Å². The van der Waals surface area contributed by atoms with E-state index in [0.717, 1.165) is 33.9 Å². The molecule has 0 atom stereocenters. The maximum absolute atomic E-state index is 13.0. The number of rotatable bonds is 2. The molecule has 0 saturated heterocycles. The summed E-state index contributed by atoms with van der Waals surface area (Å²) in [4.78, 5) is 26.2. The Balaban J connectivity index is 1.59. The first-order valence-corrected chi connectivity index (χ1v) is 10.1. The van der Waals surface area contributed by atoms with Gasteiger partial charge in [-0.1, -0.05) is 60.7 Å². The number of hydrazine groups is 2. The number of nitrogens with one attached hydrogen (secondary N) is 1. The predicted octanol–water partition coefficient (Wildman–Crippen LogP) is 3.07. The topological polar surface area (TPSA) is 98.7 Å². The fourth-order valence-electron chi connectivity index (χ4n) is 3.71. The van der Waals surface area contributed by atoms with Gasteiger partial charge in [-0.2, -0.15) is 4.99 Å². The number of hydrogen-bond donors (Lipinski definition) is 2. The van der Waals surface area contributed by atoms with Crippen molar-refractivity contribution in [3.63, 3.8) is 0 Å². The molecule has 3 aliphatic heterocycles. The third-order valence-electron chi connectivity index (χ3n) is 5.18. The molecule has 3 N–H and O–H groups in total. The number of guanidine groups is 1. The molecule has 8 nitrogen and oxygen atoms in total. The van der Waals surface area contributed by atoms with E-state index in [1.165, 1.54) is 5.01 Å². The molecule has 0 bridgehead atoms. The fourth-order valence-corrected chi connectivity index (χ4v) is 3.71. The smallest absolute Gasteiger partial charge is 0.283 e. The third-order valence-corrected chi connectivity index (χ3v) is 5.18. The van der Waals surface area contributed by atoms with E-state index in [2.05, 4.69) is 20.4 Å². The highest BCUT2D eigenvalue weighted by molar-refractivity contribution is 6.16. The van der Waals surface area contributed by atoms with Crippen LogP contribution < -0.4 is 11.3 Å². The third kappa shape index (κ3) is 3.42. The van der Waals surface area contributed by atoms with E-state index in [-0.39, 0.29) is 17.5 Å². The molecule has 0 spiro atoms. The molecule has 5 rings (SSSR count). The summed E-state index contributed by atoms with van der Waals surface area (Å²) in [5.41, 5.74) is 8.25. The predicted molar refractivity (Wildman–Crippen MR) is 126 cm³/mol. The van der Waals surface area contributed by atoms with Gasteiger partial charge in [0.15, 0.2) is 11.5 Å². The van der Waals surface area contributed by atoms with Crippen LogP contribution in [-0.2, 0) is 4.79 Å². The van der Waals surface area contributed by atoms with Crippen LogP contribution in [0.4, 0.5) is 0 Å². The molecule has 2 aromatic rings. The summed E-state index contributed by atoms with van der Waals surface area (Å²) in [5.74, 6) is 6.52. The molecule has 1 amide bonds. The van der Waals surface area contributed by atoms with E-state index < -0.39 is 5.91 Å². The van der Waals surface area contributed by atoms with Crippen molar-refractivity contribution in [2.24, 2.45) is 20.8 Å². The van der Waals surface area contributed by atoms with Crippen molar-refractivity contribution in [2.75, 3.05) is 0 Å². The van der Waals surface area contributed by atoms with Gasteiger partial charge in [-0.05, 0) is 31.6 Å². The second-order valence-corrected chi connectivity index (χ2v) is 7.53. The summed E-state index contributed by atoms with van der Waals surface area (Å²) >= 11 is 0.